The fourth-order valence-electron chi connectivity index (χ4n) is 2.15. The fourth-order valence-corrected chi connectivity index (χ4v) is 2.15. The Kier molecular flexibility index (Phi) is 4.30. The predicted molar refractivity (Wildman–Crippen MR) is 74.7 cm³/mol. The first-order valence-corrected chi connectivity index (χ1v) is 6.38. The van der Waals surface area contributed by atoms with Gasteiger partial charge in [0, 0.05) is 12.0 Å². The smallest absolute Gasteiger partial charge is 0.163 e. The average Bonchev–Trinajstić information content (AvgIpc) is 2.40. The van der Waals surface area contributed by atoms with E-state index in [0.29, 0.717) is 12.3 Å². The number of carbonyl (C=O) groups excluding carboxylic acids is 1. The summed E-state index contributed by atoms with van der Waals surface area (Å²) in [5, 5.41) is 0. The van der Waals surface area contributed by atoms with Gasteiger partial charge in [-0.3, -0.25) is 4.79 Å². The van der Waals surface area contributed by atoms with Crippen LogP contribution in [0.5, 0.6) is 0 Å². The predicted octanol–water partition coefficient (Wildman–Crippen LogP) is 4.14. The molecule has 1 atom stereocenters. The highest BCUT2D eigenvalue weighted by molar-refractivity contribution is 5.96. The van der Waals surface area contributed by atoms with Crippen LogP contribution in [-0.2, 0) is 6.42 Å². The highest BCUT2D eigenvalue weighted by atomic mass is 16.1. The first-order chi connectivity index (χ1) is 8.75. The molecule has 0 aliphatic heterocycles. The van der Waals surface area contributed by atoms with Crippen molar-refractivity contribution in [1.29, 1.82) is 0 Å². The van der Waals surface area contributed by atoms with Gasteiger partial charge in [0.2, 0.25) is 0 Å². The highest BCUT2D eigenvalue weighted by Crippen LogP contribution is 2.15. The van der Waals surface area contributed by atoms with Gasteiger partial charge in [-0.05, 0) is 17.9 Å². The Hall–Kier alpha value is -1.89. The van der Waals surface area contributed by atoms with E-state index in [1.165, 1.54) is 5.56 Å². The van der Waals surface area contributed by atoms with Crippen molar-refractivity contribution in [3.05, 3.63) is 71.8 Å². The fraction of sp³-hybridized carbons (Fsp3) is 0.235. The molecule has 2 rings (SSSR count). The molecule has 0 aliphatic rings. The number of Topliss-reactive ketones (excluding diaryl/α,β-unsaturated/α-hetero) is 1. The molecule has 0 aromatic heterocycles. The van der Waals surface area contributed by atoms with Crippen molar-refractivity contribution in [1.82, 2.24) is 0 Å². The van der Waals surface area contributed by atoms with Gasteiger partial charge in [0.25, 0.3) is 0 Å². The molecule has 0 fully saturated rings. The van der Waals surface area contributed by atoms with E-state index in [1.54, 1.807) is 0 Å². The van der Waals surface area contributed by atoms with Crippen LogP contribution in [0, 0.1) is 5.92 Å². The van der Waals surface area contributed by atoms with Gasteiger partial charge < -0.3 is 0 Å². The lowest BCUT2D eigenvalue weighted by molar-refractivity contribution is 0.0964. The van der Waals surface area contributed by atoms with E-state index in [0.717, 1.165) is 12.0 Å². The number of hydrogen-bond donors (Lipinski definition) is 0. The maximum Gasteiger partial charge on any atom is 0.163 e. The molecule has 1 nitrogen and oxygen atoms in total. The van der Waals surface area contributed by atoms with Crippen molar-refractivity contribution >= 4 is 5.78 Å². The lowest BCUT2D eigenvalue weighted by Crippen LogP contribution is -2.08. The number of ketones is 1. The van der Waals surface area contributed by atoms with Gasteiger partial charge in [0.05, 0.1) is 0 Å². The highest BCUT2D eigenvalue weighted by Gasteiger charge is 2.11. The molecule has 0 N–H and O–H groups in total. The molecule has 0 saturated heterocycles. The molecule has 1 unspecified atom stereocenters. The van der Waals surface area contributed by atoms with Crippen LogP contribution in [0.3, 0.4) is 0 Å². The minimum Gasteiger partial charge on any atom is -0.294 e. The quantitative estimate of drug-likeness (QED) is 0.715. The molecule has 0 spiro atoms. The van der Waals surface area contributed by atoms with Gasteiger partial charge in [-0.15, -0.1) is 0 Å². The molecule has 1 heteroatoms. The van der Waals surface area contributed by atoms with Crippen molar-refractivity contribution < 1.29 is 4.79 Å². The molecule has 2 aromatic carbocycles. The van der Waals surface area contributed by atoms with Crippen molar-refractivity contribution in [2.45, 2.75) is 19.8 Å². The van der Waals surface area contributed by atoms with Crippen LogP contribution in [-0.4, -0.2) is 5.78 Å². The van der Waals surface area contributed by atoms with E-state index < -0.39 is 0 Å². The molecule has 92 valence electrons. The van der Waals surface area contributed by atoms with Crippen molar-refractivity contribution in [2.24, 2.45) is 5.92 Å². The van der Waals surface area contributed by atoms with Crippen LogP contribution >= 0.6 is 0 Å². The SMILES string of the molecule is CC(CC(=O)c1ccccc1)Cc1ccccc1. The van der Waals surface area contributed by atoms with E-state index in [2.05, 4.69) is 19.1 Å². The van der Waals surface area contributed by atoms with Gasteiger partial charge in [0.15, 0.2) is 5.78 Å². The van der Waals surface area contributed by atoms with E-state index in [-0.39, 0.29) is 5.78 Å². The first kappa shape index (κ1) is 12.6. The number of carbonyl (C=O) groups is 1. The summed E-state index contributed by atoms with van der Waals surface area (Å²) in [6.45, 7) is 2.13. The van der Waals surface area contributed by atoms with Gasteiger partial charge in [-0.25, -0.2) is 0 Å². The van der Waals surface area contributed by atoms with Crippen LogP contribution in [0.2, 0.25) is 0 Å². The Labute approximate surface area is 108 Å². The zero-order valence-electron chi connectivity index (χ0n) is 10.7. The summed E-state index contributed by atoms with van der Waals surface area (Å²) in [4.78, 5) is 12.0. The molecule has 0 bridgehead atoms. The molecule has 0 heterocycles. The lowest BCUT2D eigenvalue weighted by atomic mass is 9.94. The number of benzene rings is 2. The van der Waals surface area contributed by atoms with Gasteiger partial charge in [0.1, 0.15) is 0 Å². The van der Waals surface area contributed by atoms with E-state index >= 15 is 0 Å². The van der Waals surface area contributed by atoms with Crippen LogP contribution in [0.15, 0.2) is 60.7 Å². The second-order valence-corrected chi connectivity index (χ2v) is 4.79. The minimum atomic E-state index is 0.235. The molecule has 0 amide bonds. The third kappa shape index (κ3) is 3.56. The van der Waals surface area contributed by atoms with Crippen molar-refractivity contribution in [3.63, 3.8) is 0 Å². The zero-order chi connectivity index (χ0) is 12.8. The topological polar surface area (TPSA) is 17.1 Å². The summed E-state index contributed by atoms with van der Waals surface area (Å²) < 4.78 is 0. The first-order valence-electron chi connectivity index (χ1n) is 6.38. The van der Waals surface area contributed by atoms with Gasteiger partial charge >= 0.3 is 0 Å². The third-order valence-electron chi connectivity index (χ3n) is 3.06. The largest absolute Gasteiger partial charge is 0.294 e. The van der Waals surface area contributed by atoms with Crippen LogP contribution in [0.25, 0.3) is 0 Å². The summed E-state index contributed by atoms with van der Waals surface area (Å²) in [5.41, 5.74) is 2.11. The van der Waals surface area contributed by atoms with Gasteiger partial charge in [-0.2, -0.15) is 0 Å². The number of hydrogen-bond acceptors (Lipinski definition) is 1. The van der Waals surface area contributed by atoms with Gasteiger partial charge in [-0.1, -0.05) is 67.6 Å². The Morgan fingerprint density at radius 2 is 1.50 bits per heavy atom. The second-order valence-electron chi connectivity index (χ2n) is 4.79. The lowest BCUT2D eigenvalue weighted by Gasteiger charge is -2.10. The van der Waals surface area contributed by atoms with Crippen molar-refractivity contribution in [2.75, 3.05) is 0 Å². The summed E-state index contributed by atoms with van der Waals surface area (Å²) in [7, 11) is 0. The molecule has 0 aliphatic carbocycles. The van der Waals surface area contributed by atoms with E-state index in [1.807, 2.05) is 48.5 Å². The molecule has 18 heavy (non-hydrogen) atoms. The summed E-state index contributed by atoms with van der Waals surface area (Å²) in [5.74, 6) is 0.610. The standard InChI is InChI=1S/C17H18O/c1-14(12-15-8-4-2-5-9-15)13-17(18)16-10-6-3-7-11-16/h2-11,14H,12-13H2,1H3. The summed E-state index contributed by atoms with van der Waals surface area (Å²) in [6.07, 6.45) is 1.57. The van der Waals surface area contributed by atoms with Crippen LogP contribution < -0.4 is 0 Å². The average molecular weight is 238 g/mol. The second kappa shape index (κ2) is 6.15. The molecular formula is C17H18O. The molecular weight excluding hydrogens is 220 g/mol. The summed E-state index contributed by atoms with van der Waals surface area (Å²) in [6, 6.07) is 19.9. The Morgan fingerprint density at radius 1 is 0.944 bits per heavy atom. The van der Waals surface area contributed by atoms with Crippen LogP contribution in [0.1, 0.15) is 29.3 Å². The maximum atomic E-state index is 12.0. The van der Waals surface area contributed by atoms with E-state index in [9.17, 15) is 4.79 Å². The Balaban J connectivity index is 1.92. The van der Waals surface area contributed by atoms with Crippen molar-refractivity contribution in [3.8, 4) is 0 Å². The summed E-state index contributed by atoms with van der Waals surface area (Å²) >= 11 is 0. The molecule has 2 aromatic rings. The normalized spacial score (nSPS) is 12.1. The van der Waals surface area contributed by atoms with E-state index in [4.69, 9.17) is 0 Å². The monoisotopic (exact) mass is 238 g/mol. The maximum absolute atomic E-state index is 12.0. The third-order valence-corrected chi connectivity index (χ3v) is 3.06. The minimum absolute atomic E-state index is 0.235. The van der Waals surface area contributed by atoms with Crippen LogP contribution in [0.4, 0.5) is 0 Å². The zero-order valence-corrected chi connectivity index (χ0v) is 10.7. The Morgan fingerprint density at radius 3 is 2.11 bits per heavy atom. The molecule has 0 saturated carbocycles. The Bertz CT molecular complexity index is 488. The molecule has 0 radical (unpaired) electrons. The number of rotatable bonds is 5.